The lowest BCUT2D eigenvalue weighted by Gasteiger charge is -2.18. The minimum absolute atomic E-state index is 0.101. The number of unbranched alkanes of at least 4 members (excludes halogenated alkanes) is 22. The second-order valence-corrected chi connectivity index (χ2v) is 18.8. The maximum Gasteiger partial charge on any atom is 0.306 e. The molecule has 70 heavy (non-hydrogen) atoms. The molecule has 0 aliphatic carbocycles. The van der Waals surface area contributed by atoms with Gasteiger partial charge in [-0.15, -0.1) is 0 Å². The molecule has 0 N–H and O–H groups in total. The van der Waals surface area contributed by atoms with E-state index in [0.717, 1.165) is 135 Å². The van der Waals surface area contributed by atoms with Gasteiger partial charge in [0.15, 0.2) is 6.10 Å². The van der Waals surface area contributed by atoms with E-state index in [2.05, 4.69) is 130 Å². The minimum atomic E-state index is -0.804. The highest BCUT2D eigenvalue weighted by Gasteiger charge is 2.19. The molecule has 0 saturated carbocycles. The molecule has 0 spiro atoms. The number of esters is 3. The number of hydrogen-bond acceptors (Lipinski definition) is 6. The molecule has 0 fully saturated rings. The van der Waals surface area contributed by atoms with E-state index in [4.69, 9.17) is 14.2 Å². The fourth-order valence-electron chi connectivity index (χ4n) is 7.71. The van der Waals surface area contributed by atoms with Crippen LogP contribution in [0, 0.1) is 0 Å². The van der Waals surface area contributed by atoms with Crippen molar-refractivity contribution in [3.8, 4) is 0 Å². The van der Waals surface area contributed by atoms with Crippen LogP contribution in [0.3, 0.4) is 0 Å². The van der Waals surface area contributed by atoms with Crippen LogP contribution in [0.25, 0.3) is 0 Å². The molecule has 0 aromatic carbocycles. The van der Waals surface area contributed by atoms with Gasteiger partial charge in [-0.3, -0.25) is 14.4 Å². The predicted octanol–water partition coefficient (Wildman–Crippen LogP) is 19.5. The van der Waals surface area contributed by atoms with Gasteiger partial charge in [0.05, 0.1) is 0 Å². The molecule has 0 saturated heterocycles. The van der Waals surface area contributed by atoms with E-state index in [-0.39, 0.29) is 31.1 Å². The zero-order valence-corrected chi connectivity index (χ0v) is 45.5. The second-order valence-electron chi connectivity index (χ2n) is 18.8. The summed E-state index contributed by atoms with van der Waals surface area (Å²) < 4.78 is 16.8. The predicted molar refractivity (Wildman–Crippen MR) is 302 cm³/mol. The van der Waals surface area contributed by atoms with Gasteiger partial charge in [-0.25, -0.2) is 0 Å². The summed E-state index contributed by atoms with van der Waals surface area (Å²) in [7, 11) is 0. The highest BCUT2D eigenvalue weighted by Crippen LogP contribution is 2.14. The smallest absolute Gasteiger partial charge is 0.306 e. The summed E-state index contributed by atoms with van der Waals surface area (Å²) in [5.41, 5.74) is 0. The van der Waals surface area contributed by atoms with Gasteiger partial charge in [-0.05, 0) is 122 Å². The summed E-state index contributed by atoms with van der Waals surface area (Å²) in [4.78, 5) is 38.2. The largest absolute Gasteiger partial charge is 0.462 e. The summed E-state index contributed by atoms with van der Waals surface area (Å²) in [6.45, 7) is 6.37. The van der Waals surface area contributed by atoms with E-state index in [0.29, 0.717) is 19.3 Å². The summed E-state index contributed by atoms with van der Waals surface area (Å²) in [5.74, 6) is -0.952. The Morgan fingerprint density at radius 2 is 0.557 bits per heavy atom. The van der Waals surface area contributed by atoms with Crippen molar-refractivity contribution in [2.45, 2.75) is 264 Å². The first kappa shape index (κ1) is 66.1. The summed E-state index contributed by atoms with van der Waals surface area (Å²) in [6, 6.07) is 0. The van der Waals surface area contributed by atoms with Crippen molar-refractivity contribution < 1.29 is 28.6 Å². The van der Waals surface area contributed by atoms with Crippen LogP contribution in [0.15, 0.2) is 109 Å². The normalized spacial score (nSPS) is 12.9. The Kier molecular flexibility index (Phi) is 54.4. The molecule has 0 amide bonds. The summed E-state index contributed by atoms with van der Waals surface area (Å²) >= 11 is 0. The van der Waals surface area contributed by atoms with Crippen LogP contribution in [-0.4, -0.2) is 37.2 Å². The monoisotopic (exact) mass is 971 g/mol. The number of allylic oxidation sites excluding steroid dienone is 18. The van der Waals surface area contributed by atoms with Gasteiger partial charge in [0.2, 0.25) is 0 Å². The molecule has 0 bridgehead atoms. The van der Waals surface area contributed by atoms with Crippen molar-refractivity contribution >= 4 is 17.9 Å². The number of carbonyl (C=O) groups is 3. The van der Waals surface area contributed by atoms with Gasteiger partial charge in [-0.1, -0.05) is 226 Å². The average molecular weight is 972 g/mol. The van der Waals surface area contributed by atoms with Crippen LogP contribution in [0.5, 0.6) is 0 Å². The molecule has 0 heterocycles. The van der Waals surface area contributed by atoms with Gasteiger partial charge >= 0.3 is 17.9 Å². The van der Waals surface area contributed by atoms with Crippen LogP contribution in [-0.2, 0) is 28.6 Å². The average Bonchev–Trinajstić information content (AvgIpc) is 3.36. The van der Waals surface area contributed by atoms with Crippen LogP contribution >= 0.6 is 0 Å². The molecule has 0 aliphatic rings. The first-order valence-electron chi connectivity index (χ1n) is 28.9. The SMILES string of the molecule is CC/C=C\C/C=C\C/C=C\C/C=C\C/C=C\CCCCCC(=O)OCC(COC(=O)CCCCCCC/C=C\C/C=C\C/C=C\CC)OC(=O)CCCCCCCCC/C=C\CCCCCCCCC. The fourth-order valence-corrected chi connectivity index (χ4v) is 7.71. The molecule has 0 aromatic rings. The van der Waals surface area contributed by atoms with Crippen molar-refractivity contribution in [1.82, 2.24) is 0 Å². The molecule has 0 aromatic heterocycles. The van der Waals surface area contributed by atoms with Crippen LogP contribution in [0.2, 0.25) is 0 Å². The first-order chi connectivity index (χ1) is 34.5. The zero-order valence-electron chi connectivity index (χ0n) is 45.5. The van der Waals surface area contributed by atoms with Crippen LogP contribution in [0.1, 0.15) is 258 Å². The summed E-state index contributed by atoms with van der Waals surface area (Å²) in [6.07, 6.45) is 77.9. The van der Waals surface area contributed by atoms with Gasteiger partial charge in [-0.2, -0.15) is 0 Å². The van der Waals surface area contributed by atoms with E-state index >= 15 is 0 Å². The van der Waals surface area contributed by atoms with Crippen molar-refractivity contribution in [2.75, 3.05) is 13.2 Å². The lowest BCUT2D eigenvalue weighted by molar-refractivity contribution is -0.167. The van der Waals surface area contributed by atoms with Gasteiger partial charge < -0.3 is 14.2 Å². The molecular formula is C64H106O6. The topological polar surface area (TPSA) is 78.9 Å². The van der Waals surface area contributed by atoms with Gasteiger partial charge in [0.25, 0.3) is 0 Å². The third-order valence-corrected chi connectivity index (χ3v) is 12.0. The van der Waals surface area contributed by atoms with Crippen LogP contribution < -0.4 is 0 Å². The molecule has 0 radical (unpaired) electrons. The highest BCUT2D eigenvalue weighted by atomic mass is 16.6. The van der Waals surface area contributed by atoms with Gasteiger partial charge in [0.1, 0.15) is 13.2 Å². The van der Waals surface area contributed by atoms with Crippen LogP contribution in [0.4, 0.5) is 0 Å². The maximum atomic E-state index is 12.9. The van der Waals surface area contributed by atoms with Crippen molar-refractivity contribution in [2.24, 2.45) is 0 Å². The Labute approximate surface area is 431 Å². The summed E-state index contributed by atoms with van der Waals surface area (Å²) in [5, 5.41) is 0. The fraction of sp³-hybridized carbons (Fsp3) is 0.672. The highest BCUT2D eigenvalue weighted by molar-refractivity contribution is 5.71. The van der Waals surface area contributed by atoms with E-state index in [1.807, 2.05) is 0 Å². The third kappa shape index (κ3) is 55.0. The molecule has 6 heteroatoms. The molecule has 0 aliphatic heterocycles. The molecule has 1 unspecified atom stereocenters. The Bertz CT molecular complexity index is 1440. The number of carbonyl (C=O) groups excluding carboxylic acids is 3. The van der Waals surface area contributed by atoms with Crippen molar-refractivity contribution in [3.63, 3.8) is 0 Å². The Morgan fingerprint density at radius 3 is 0.900 bits per heavy atom. The van der Waals surface area contributed by atoms with Crippen molar-refractivity contribution in [3.05, 3.63) is 109 Å². The zero-order chi connectivity index (χ0) is 50.7. The molecule has 6 nitrogen and oxygen atoms in total. The quantitative estimate of drug-likeness (QED) is 0.0262. The molecule has 398 valence electrons. The number of hydrogen-bond donors (Lipinski definition) is 0. The Hall–Kier alpha value is -3.93. The maximum absolute atomic E-state index is 12.9. The van der Waals surface area contributed by atoms with E-state index < -0.39 is 6.10 Å². The van der Waals surface area contributed by atoms with Gasteiger partial charge in [0, 0.05) is 19.3 Å². The molecule has 0 rings (SSSR count). The number of ether oxygens (including phenoxy) is 3. The third-order valence-electron chi connectivity index (χ3n) is 12.0. The van der Waals surface area contributed by atoms with E-state index in [1.165, 1.54) is 83.5 Å². The van der Waals surface area contributed by atoms with E-state index in [1.54, 1.807) is 0 Å². The Morgan fingerprint density at radius 1 is 0.300 bits per heavy atom. The standard InChI is InChI=1S/C64H106O6/c1-4-7-10-13-16-19-22-25-28-30-32-34-36-39-42-45-48-51-54-57-63(66)69-60-61(59-68-62(65)56-53-50-47-44-41-38-35-27-24-21-18-15-12-9-6-3)70-64(67)58-55-52-49-46-43-40-37-33-31-29-26-23-20-17-14-11-8-5-2/h7,9-10,12,16,18-19,21,25,27-29,31-32,34-35,39,42,61H,4-6,8,11,13-15,17,20,22-24,26,30,33,36-38,40-41,43-60H2,1-3H3/b10-7-,12-9-,19-16-,21-18-,28-25-,31-29-,34-32-,35-27-,42-39-. The first-order valence-corrected chi connectivity index (χ1v) is 28.9. The second kappa shape index (κ2) is 57.6. The lowest BCUT2D eigenvalue weighted by Crippen LogP contribution is -2.30. The number of rotatable bonds is 51. The lowest BCUT2D eigenvalue weighted by atomic mass is 10.1. The van der Waals surface area contributed by atoms with Crippen molar-refractivity contribution in [1.29, 1.82) is 0 Å². The Balaban J connectivity index is 4.48. The minimum Gasteiger partial charge on any atom is -0.462 e. The van der Waals surface area contributed by atoms with E-state index in [9.17, 15) is 14.4 Å². The molecular weight excluding hydrogens is 865 g/mol. The molecule has 1 atom stereocenters.